The number of ether oxygens (including phenoxy) is 2. The molecule has 1 aliphatic rings. The predicted octanol–water partition coefficient (Wildman–Crippen LogP) is 6.51. The molecule has 0 fully saturated rings. The summed E-state index contributed by atoms with van der Waals surface area (Å²) >= 11 is 11.7. The summed E-state index contributed by atoms with van der Waals surface area (Å²) in [4.78, 5) is 54.3. The molecular weight excluding hydrogens is 658 g/mol. The van der Waals surface area contributed by atoms with Gasteiger partial charge in [-0.25, -0.2) is 19.4 Å². The van der Waals surface area contributed by atoms with E-state index >= 15 is 0 Å². The van der Waals surface area contributed by atoms with Crippen LogP contribution >= 0.6 is 23.2 Å². The van der Waals surface area contributed by atoms with Crippen molar-refractivity contribution < 1.29 is 52.0 Å². The summed E-state index contributed by atoms with van der Waals surface area (Å²) in [5.41, 5.74) is -1.79. The molecule has 0 radical (unpaired) electrons. The first-order valence-electron chi connectivity index (χ1n) is 13.2. The van der Waals surface area contributed by atoms with Crippen LogP contribution in [0.15, 0.2) is 59.7 Å². The number of amides is 1. The zero-order valence-electron chi connectivity index (χ0n) is 24.5. The quantitative estimate of drug-likeness (QED) is 0.225. The van der Waals surface area contributed by atoms with Crippen LogP contribution in [0.4, 0.5) is 13.2 Å². The molecular formula is C30H26Cl2F3N3O8. The Hall–Kier alpha value is -4.69. The van der Waals surface area contributed by atoms with Crippen molar-refractivity contribution in [3.63, 3.8) is 0 Å². The molecule has 3 N–H and O–H groups in total. The molecule has 11 nitrogen and oxygen atoms in total. The second-order valence-corrected chi connectivity index (χ2v) is 11.0. The minimum absolute atomic E-state index is 0.00184. The van der Waals surface area contributed by atoms with Crippen molar-refractivity contribution in [2.24, 2.45) is 10.9 Å². The molecule has 0 saturated carbocycles. The summed E-state index contributed by atoms with van der Waals surface area (Å²) in [5.74, 6) is -3.50. The molecule has 0 saturated heterocycles. The lowest BCUT2D eigenvalue weighted by molar-refractivity contribution is -0.146. The average molecular weight is 684 g/mol. The number of nitrogens with one attached hydrogen (secondary N) is 1. The predicted molar refractivity (Wildman–Crippen MR) is 160 cm³/mol. The Labute approximate surface area is 270 Å². The number of carbonyl (C=O) groups is 4. The van der Waals surface area contributed by atoms with Crippen LogP contribution in [0.25, 0.3) is 0 Å². The zero-order chi connectivity index (χ0) is 34.6. The van der Waals surface area contributed by atoms with Gasteiger partial charge >= 0.3 is 24.1 Å². The number of amidine groups is 1. The minimum Gasteiger partial charge on any atom is -0.479 e. The van der Waals surface area contributed by atoms with Gasteiger partial charge in [0.1, 0.15) is 22.7 Å². The highest BCUT2D eigenvalue weighted by atomic mass is 35.5. The number of pyridine rings is 1. The first kappa shape index (κ1) is 35.8. The van der Waals surface area contributed by atoms with Crippen LogP contribution in [0.2, 0.25) is 10.0 Å². The molecule has 0 spiro atoms. The van der Waals surface area contributed by atoms with E-state index in [2.05, 4.69) is 15.3 Å². The lowest BCUT2D eigenvalue weighted by Crippen LogP contribution is -2.41. The molecule has 0 bridgehead atoms. The van der Waals surface area contributed by atoms with E-state index in [-0.39, 0.29) is 56.0 Å². The molecule has 244 valence electrons. The highest BCUT2D eigenvalue weighted by Crippen LogP contribution is 2.37. The summed E-state index contributed by atoms with van der Waals surface area (Å²) in [6.07, 6.45) is -4.48. The maximum absolute atomic E-state index is 12.7. The fourth-order valence-corrected chi connectivity index (χ4v) is 4.11. The van der Waals surface area contributed by atoms with Gasteiger partial charge in [-0.3, -0.25) is 9.78 Å². The normalized spacial score (nSPS) is 16.5. The monoisotopic (exact) mass is 683 g/mol. The number of carboxylic acids is 2. The molecule has 2 heterocycles. The number of hydrogen-bond donors (Lipinski definition) is 3. The van der Waals surface area contributed by atoms with Crippen LogP contribution in [-0.4, -0.2) is 56.5 Å². The summed E-state index contributed by atoms with van der Waals surface area (Å²) < 4.78 is 48.1. The van der Waals surface area contributed by atoms with Crippen molar-refractivity contribution in [3.8, 4) is 11.5 Å². The Kier molecular flexibility index (Phi) is 11.0. The van der Waals surface area contributed by atoms with Crippen molar-refractivity contribution >= 4 is 52.9 Å². The van der Waals surface area contributed by atoms with Crippen LogP contribution < -0.4 is 10.1 Å². The average Bonchev–Trinajstić information content (AvgIpc) is 3.29. The first-order valence-corrected chi connectivity index (χ1v) is 14.0. The third-order valence-corrected chi connectivity index (χ3v) is 7.32. The van der Waals surface area contributed by atoms with Crippen LogP contribution in [0.3, 0.4) is 0 Å². The van der Waals surface area contributed by atoms with Gasteiger partial charge in [0.05, 0.1) is 26.7 Å². The highest BCUT2D eigenvalue weighted by Gasteiger charge is 2.43. The lowest BCUT2D eigenvalue weighted by Gasteiger charge is -2.21. The Balaban J connectivity index is 0.000000266. The molecule has 1 unspecified atom stereocenters. The number of hydrogen-bond acceptors (Lipinski definition) is 8. The number of aliphatic carboxylic acids is 1. The fourth-order valence-electron chi connectivity index (χ4n) is 3.70. The Morgan fingerprint density at radius 1 is 0.978 bits per heavy atom. The number of rotatable bonds is 8. The van der Waals surface area contributed by atoms with Crippen molar-refractivity contribution in [1.82, 2.24) is 10.3 Å². The van der Waals surface area contributed by atoms with Crippen LogP contribution in [-0.2, 0) is 20.5 Å². The molecule has 46 heavy (non-hydrogen) atoms. The summed E-state index contributed by atoms with van der Waals surface area (Å²) in [7, 11) is 0. The number of aromatic carboxylic acids is 1. The molecule has 2 aromatic carbocycles. The van der Waals surface area contributed by atoms with Gasteiger partial charge in [0.25, 0.3) is 5.91 Å². The number of benzene rings is 2. The van der Waals surface area contributed by atoms with Crippen molar-refractivity contribution in [3.05, 3.63) is 87.2 Å². The van der Waals surface area contributed by atoms with Crippen LogP contribution in [0.5, 0.6) is 11.5 Å². The van der Waals surface area contributed by atoms with Crippen molar-refractivity contribution in [2.45, 2.75) is 45.5 Å². The maximum atomic E-state index is 12.7. The number of aliphatic imine (C=N–C) groups is 1. The molecule has 4 rings (SSSR count). The topological polar surface area (TPSA) is 164 Å². The molecule has 16 heteroatoms. The number of halogens is 5. The minimum atomic E-state index is -4.56. The number of aromatic nitrogens is 1. The van der Waals surface area contributed by atoms with Gasteiger partial charge < -0.3 is 25.0 Å². The summed E-state index contributed by atoms with van der Waals surface area (Å²) in [6, 6.07) is 9.30. The van der Waals surface area contributed by atoms with Gasteiger partial charge in [0.2, 0.25) is 0 Å². The third-order valence-electron chi connectivity index (χ3n) is 6.70. The second kappa shape index (κ2) is 14.2. The van der Waals surface area contributed by atoms with Crippen molar-refractivity contribution in [2.75, 3.05) is 0 Å². The third kappa shape index (κ3) is 8.31. The molecule has 1 aliphatic heterocycles. The summed E-state index contributed by atoms with van der Waals surface area (Å²) in [5, 5.41) is 20.2. The molecule has 3 aromatic rings. The van der Waals surface area contributed by atoms with Gasteiger partial charge in [0, 0.05) is 6.20 Å². The fraction of sp³-hybridized carbons (Fsp3) is 0.267. The highest BCUT2D eigenvalue weighted by molar-refractivity contribution is 6.33. The van der Waals surface area contributed by atoms with Crippen molar-refractivity contribution in [1.29, 1.82) is 0 Å². The number of carbonyl (C=O) groups excluding carboxylic acids is 2. The zero-order valence-corrected chi connectivity index (χ0v) is 26.0. The lowest BCUT2D eigenvalue weighted by atomic mass is 9.89. The first-order chi connectivity index (χ1) is 21.3. The van der Waals surface area contributed by atoms with Crippen LogP contribution in [0, 0.1) is 5.92 Å². The Morgan fingerprint density at radius 2 is 1.65 bits per heavy atom. The largest absolute Gasteiger partial charge is 0.479 e. The number of nitrogens with zero attached hydrogens (tertiary/aromatic N) is 2. The van der Waals surface area contributed by atoms with Gasteiger partial charge in [0.15, 0.2) is 11.9 Å². The molecule has 0 aliphatic carbocycles. The molecule has 2 atom stereocenters. The molecule has 1 amide bonds. The van der Waals surface area contributed by atoms with E-state index in [0.29, 0.717) is 6.07 Å². The Morgan fingerprint density at radius 3 is 2.20 bits per heavy atom. The van der Waals surface area contributed by atoms with E-state index in [9.17, 15) is 32.3 Å². The van der Waals surface area contributed by atoms with Gasteiger partial charge in [-0.05, 0) is 68.3 Å². The Bertz CT molecular complexity index is 1710. The van der Waals surface area contributed by atoms with E-state index in [1.807, 2.05) is 13.8 Å². The number of carboxylic acid groups (broad SMARTS) is 2. The molecule has 1 aromatic heterocycles. The second-order valence-electron chi connectivity index (χ2n) is 10.2. The van der Waals surface area contributed by atoms with E-state index in [1.165, 1.54) is 30.5 Å². The smallest absolute Gasteiger partial charge is 0.416 e. The maximum Gasteiger partial charge on any atom is 0.416 e. The SMILES string of the molecule is CC(C)C1(C)N=C(c2ncccc2C(=O)O)NC1=O.C[C@H](OC(=O)c1cc(Oc2ccc(C(F)(F)F)cc2Cl)ccc1Cl)C(=O)O. The van der Waals surface area contributed by atoms with Gasteiger partial charge in [-0.1, -0.05) is 37.0 Å². The van der Waals surface area contributed by atoms with Crippen LogP contribution in [0.1, 0.15) is 59.7 Å². The standard InChI is InChI=1S/C17H11Cl2F3O5.C13H15N3O3/c1-8(15(23)24)26-16(25)11-7-10(3-4-12(11)18)27-14-5-2-9(6-13(14)19)17(20,21)22;1-7(2)13(3)12(19)15-10(16-13)9-8(11(17)18)5-4-6-14-9/h2-8H,1H3,(H,23,24);4-7H,1-3H3,(H,17,18)(H,15,16,19)/t8-;/m0./s1. The number of esters is 1. The van der Waals surface area contributed by atoms with E-state index in [1.54, 1.807) is 6.92 Å². The van der Waals surface area contributed by atoms with Gasteiger partial charge in [-0.15, -0.1) is 0 Å². The number of alkyl halides is 3. The van der Waals surface area contributed by atoms with E-state index < -0.39 is 41.3 Å². The van der Waals surface area contributed by atoms with E-state index in [4.69, 9.17) is 42.9 Å². The summed E-state index contributed by atoms with van der Waals surface area (Å²) in [6.45, 7) is 6.67. The van der Waals surface area contributed by atoms with E-state index in [0.717, 1.165) is 25.1 Å². The van der Waals surface area contributed by atoms with Gasteiger partial charge in [-0.2, -0.15) is 13.2 Å².